The second-order valence-electron chi connectivity index (χ2n) is 8.47. The van der Waals surface area contributed by atoms with Gasteiger partial charge in [-0.15, -0.1) is 0 Å². The number of aryl methyl sites for hydroxylation is 2. The van der Waals surface area contributed by atoms with Gasteiger partial charge in [-0.25, -0.2) is 19.7 Å². The molecule has 9 heteroatoms. The van der Waals surface area contributed by atoms with Crippen molar-refractivity contribution >= 4 is 29.4 Å². The number of amides is 2. The summed E-state index contributed by atoms with van der Waals surface area (Å²) >= 11 is 0. The molecule has 1 atom stereocenters. The lowest BCUT2D eigenvalue weighted by molar-refractivity contribution is -0.121. The lowest BCUT2D eigenvalue weighted by Gasteiger charge is -2.33. The molecule has 33 heavy (non-hydrogen) atoms. The molecule has 2 aliphatic heterocycles. The van der Waals surface area contributed by atoms with Gasteiger partial charge in [-0.1, -0.05) is 0 Å². The van der Waals surface area contributed by atoms with E-state index in [1.54, 1.807) is 31.2 Å². The Morgan fingerprint density at radius 1 is 1.09 bits per heavy atom. The molecule has 1 N–H and O–H groups in total. The van der Waals surface area contributed by atoms with Crippen molar-refractivity contribution in [1.82, 2.24) is 15.3 Å². The third-order valence-corrected chi connectivity index (χ3v) is 5.97. The van der Waals surface area contributed by atoms with Crippen LogP contribution in [0.2, 0.25) is 0 Å². The minimum absolute atomic E-state index is 0.124. The van der Waals surface area contributed by atoms with Gasteiger partial charge in [0, 0.05) is 30.5 Å². The number of hydrogen-bond donors (Lipinski definition) is 1. The number of aromatic nitrogens is 2. The predicted molar refractivity (Wildman–Crippen MR) is 123 cm³/mol. The maximum Gasteiger partial charge on any atom is 0.338 e. The molecule has 0 aliphatic carbocycles. The number of ether oxygens (including phenoxy) is 1. The highest BCUT2D eigenvalue weighted by Gasteiger charge is 2.40. The molecule has 9 nitrogen and oxygen atoms in total. The SMILES string of the molecule is CCOC(=O)c1ccc(N2C(=O)C[C@@H](NC3CCN(c4nc(C)cc(C)n4)CC3)C2=O)cc1. The standard InChI is InChI=1S/C24H29N5O4/c1-4-33-23(32)17-5-7-19(8-6-17)29-21(30)14-20(22(29)31)27-18-9-11-28(12-10-18)24-25-15(2)13-16(3)26-24/h5-8,13,18,20,27H,4,9-12,14H2,1-3H3/t20-/m1/s1. The van der Waals surface area contributed by atoms with E-state index in [0.717, 1.165) is 43.3 Å². The van der Waals surface area contributed by atoms with Gasteiger partial charge in [-0.3, -0.25) is 9.59 Å². The van der Waals surface area contributed by atoms with Gasteiger partial charge < -0.3 is 15.0 Å². The first-order valence-electron chi connectivity index (χ1n) is 11.3. The van der Waals surface area contributed by atoms with Crippen LogP contribution in [0.15, 0.2) is 30.3 Å². The van der Waals surface area contributed by atoms with Crippen molar-refractivity contribution < 1.29 is 19.1 Å². The number of esters is 1. The quantitative estimate of drug-likeness (QED) is 0.526. The fourth-order valence-electron chi connectivity index (χ4n) is 4.37. The van der Waals surface area contributed by atoms with E-state index in [9.17, 15) is 14.4 Å². The number of piperidine rings is 1. The molecule has 2 aromatic rings. The number of carbonyl (C=O) groups excluding carboxylic acids is 3. The predicted octanol–water partition coefficient (Wildman–Crippen LogP) is 2.16. The molecule has 2 saturated heterocycles. The molecule has 2 aliphatic rings. The van der Waals surface area contributed by atoms with Gasteiger partial charge in [0.25, 0.3) is 5.91 Å². The molecule has 3 heterocycles. The van der Waals surface area contributed by atoms with Crippen LogP contribution in [-0.4, -0.2) is 59.5 Å². The molecule has 4 rings (SSSR count). The van der Waals surface area contributed by atoms with E-state index in [1.807, 2.05) is 19.9 Å². The Bertz CT molecular complexity index is 1030. The van der Waals surface area contributed by atoms with Gasteiger partial charge in [0.15, 0.2) is 0 Å². The second kappa shape index (κ2) is 9.66. The van der Waals surface area contributed by atoms with Crippen LogP contribution in [0.4, 0.5) is 11.6 Å². The van der Waals surface area contributed by atoms with Crippen molar-refractivity contribution in [3.05, 3.63) is 47.3 Å². The summed E-state index contributed by atoms with van der Waals surface area (Å²) in [5.74, 6) is -0.192. The molecule has 1 aromatic heterocycles. The van der Waals surface area contributed by atoms with Crippen molar-refractivity contribution in [3.63, 3.8) is 0 Å². The van der Waals surface area contributed by atoms with E-state index in [-0.39, 0.29) is 30.9 Å². The van der Waals surface area contributed by atoms with Gasteiger partial charge in [-0.05, 0) is 63.9 Å². The normalized spacial score (nSPS) is 19.3. The molecule has 2 fully saturated rings. The number of nitrogens with zero attached hydrogens (tertiary/aromatic N) is 4. The molecule has 0 saturated carbocycles. The summed E-state index contributed by atoms with van der Waals surface area (Å²) in [4.78, 5) is 49.9. The lowest BCUT2D eigenvalue weighted by Crippen LogP contribution is -2.49. The minimum atomic E-state index is -0.545. The van der Waals surface area contributed by atoms with Crippen LogP contribution < -0.4 is 15.1 Å². The first kappa shape index (κ1) is 22.8. The Morgan fingerprint density at radius 2 is 1.73 bits per heavy atom. The number of hydrogen-bond acceptors (Lipinski definition) is 8. The summed E-state index contributed by atoms with van der Waals surface area (Å²) in [6, 6.07) is 7.89. The Labute approximate surface area is 193 Å². The fourth-order valence-corrected chi connectivity index (χ4v) is 4.37. The van der Waals surface area contributed by atoms with Crippen LogP contribution in [0.3, 0.4) is 0 Å². The highest BCUT2D eigenvalue weighted by molar-refractivity contribution is 6.22. The summed E-state index contributed by atoms with van der Waals surface area (Å²) in [5.41, 5.74) is 2.74. The van der Waals surface area contributed by atoms with Gasteiger partial charge >= 0.3 is 5.97 Å². The number of imide groups is 1. The highest BCUT2D eigenvalue weighted by atomic mass is 16.5. The van der Waals surface area contributed by atoms with Crippen LogP contribution >= 0.6 is 0 Å². The maximum absolute atomic E-state index is 13.0. The molecule has 0 unspecified atom stereocenters. The van der Waals surface area contributed by atoms with E-state index in [0.29, 0.717) is 11.3 Å². The average molecular weight is 452 g/mol. The van der Waals surface area contributed by atoms with E-state index >= 15 is 0 Å². The van der Waals surface area contributed by atoms with E-state index in [4.69, 9.17) is 4.74 Å². The number of benzene rings is 1. The number of rotatable bonds is 6. The Hall–Kier alpha value is -3.33. The first-order valence-corrected chi connectivity index (χ1v) is 11.3. The van der Waals surface area contributed by atoms with Gasteiger partial charge in [0.1, 0.15) is 0 Å². The van der Waals surface area contributed by atoms with E-state index in [2.05, 4.69) is 20.2 Å². The van der Waals surface area contributed by atoms with Gasteiger partial charge in [0.2, 0.25) is 11.9 Å². The van der Waals surface area contributed by atoms with Crippen molar-refractivity contribution in [2.45, 2.75) is 52.1 Å². The van der Waals surface area contributed by atoms with E-state index in [1.165, 1.54) is 4.90 Å². The highest BCUT2D eigenvalue weighted by Crippen LogP contribution is 2.25. The third-order valence-electron chi connectivity index (χ3n) is 5.97. The summed E-state index contributed by atoms with van der Waals surface area (Å²) < 4.78 is 4.98. The Morgan fingerprint density at radius 3 is 2.33 bits per heavy atom. The van der Waals surface area contributed by atoms with Gasteiger partial charge in [0.05, 0.1) is 30.3 Å². The van der Waals surface area contributed by atoms with Crippen LogP contribution in [0, 0.1) is 13.8 Å². The Kier molecular flexibility index (Phi) is 6.69. The minimum Gasteiger partial charge on any atom is -0.462 e. The zero-order valence-corrected chi connectivity index (χ0v) is 19.2. The molecule has 0 spiro atoms. The second-order valence-corrected chi connectivity index (χ2v) is 8.47. The fraction of sp³-hybridized carbons (Fsp3) is 0.458. The molecular weight excluding hydrogens is 422 g/mol. The van der Waals surface area contributed by atoms with Crippen molar-refractivity contribution in [1.29, 1.82) is 0 Å². The lowest BCUT2D eigenvalue weighted by atomic mass is 10.0. The topological polar surface area (TPSA) is 105 Å². The van der Waals surface area contributed by atoms with Gasteiger partial charge in [-0.2, -0.15) is 0 Å². The Balaban J connectivity index is 1.35. The van der Waals surface area contributed by atoms with Crippen LogP contribution in [0.5, 0.6) is 0 Å². The molecule has 0 bridgehead atoms. The number of anilines is 2. The summed E-state index contributed by atoms with van der Waals surface area (Å²) in [6.07, 6.45) is 1.80. The largest absolute Gasteiger partial charge is 0.462 e. The van der Waals surface area contributed by atoms with Crippen LogP contribution in [0.25, 0.3) is 0 Å². The van der Waals surface area contributed by atoms with Crippen LogP contribution in [-0.2, 0) is 14.3 Å². The molecule has 174 valence electrons. The van der Waals surface area contributed by atoms with Crippen molar-refractivity contribution in [2.75, 3.05) is 29.5 Å². The van der Waals surface area contributed by atoms with Crippen molar-refractivity contribution in [2.24, 2.45) is 0 Å². The first-order chi connectivity index (χ1) is 15.9. The number of nitrogens with one attached hydrogen (secondary N) is 1. The third kappa shape index (κ3) is 5.03. The zero-order chi connectivity index (χ0) is 23.5. The van der Waals surface area contributed by atoms with Crippen molar-refractivity contribution in [3.8, 4) is 0 Å². The summed E-state index contributed by atoms with van der Waals surface area (Å²) in [7, 11) is 0. The molecule has 1 aromatic carbocycles. The smallest absolute Gasteiger partial charge is 0.338 e. The molecule has 2 amide bonds. The van der Waals surface area contributed by atoms with Crippen LogP contribution in [0.1, 0.15) is 47.9 Å². The molecule has 0 radical (unpaired) electrons. The summed E-state index contributed by atoms with van der Waals surface area (Å²) in [5, 5.41) is 3.39. The number of carbonyl (C=O) groups is 3. The zero-order valence-electron chi connectivity index (χ0n) is 19.2. The molecular formula is C24H29N5O4. The summed E-state index contributed by atoms with van der Waals surface area (Å²) in [6.45, 7) is 7.52. The average Bonchev–Trinajstić information content (AvgIpc) is 3.06. The monoisotopic (exact) mass is 451 g/mol. The van der Waals surface area contributed by atoms with E-state index < -0.39 is 12.0 Å². The maximum atomic E-state index is 13.0.